The van der Waals surface area contributed by atoms with E-state index < -0.39 is 11.6 Å². The summed E-state index contributed by atoms with van der Waals surface area (Å²) in [5, 5.41) is 1.10. The number of anilines is 1. The Morgan fingerprint density at radius 1 is 1.15 bits per heavy atom. The van der Waals surface area contributed by atoms with Crippen molar-refractivity contribution < 1.29 is 9.53 Å². The average molecular weight is 545 g/mol. The Hall–Kier alpha value is -3.21. The molecule has 1 aromatic heterocycles. The second kappa shape index (κ2) is 11.5. The number of rotatable bonds is 4. The Kier molecular flexibility index (Phi) is 8.48. The van der Waals surface area contributed by atoms with E-state index in [1.165, 1.54) is 10.4 Å². The van der Waals surface area contributed by atoms with Crippen LogP contribution in [0.1, 0.15) is 74.6 Å². The van der Waals surface area contributed by atoms with Crippen LogP contribution >= 0.6 is 11.3 Å². The average Bonchev–Trinajstić information content (AvgIpc) is 2.96. The molecular weight excluding hydrogens is 504 g/mol. The lowest BCUT2D eigenvalue weighted by Crippen LogP contribution is -2.39. The molecule has 2 atom stereocenters. The van der Waals surface area contributed by atoms with E-state index in [0.717, 1.165) is 45.4 Å². The van der Waals surface area contributed by atoms with Gasteiger partial charge in [-0.05, 0) is 86.7 Å². The zero-order chi connectivity index (χ0) is 28.5. The van der Waals surface area contributed by atoms with Crippen LogP contribution in [0.3, 0.4) is 0 Å². The Balaban J connectivity index is 1.88. The Morgan fingerprint density at radius 2 is 1.85 bits per heavy atom. The van der Waals surface area contributed by atoms with Crippen LogP contribution < -0.4 is 4.90 Å². The van der Waals surface area contributed by atoms with Gasteiger partial charge in [0.1, 0.15) is 22.5 Å². The van der Waals surface area contributed by atoms with Crippen LogP contribution in [0.2, 0.25) is 0 Å². The Bertz CT molecular complexity index is 1390. The molecule has 3 heterocycles. The monoisotopic (exact) mass is 544 g/mol. The number of benzene rings is 1. The van der Waals surface area contributed by atoms with Crippen LogP contribution in [0.5, 0.6) is 0 Å². The molecule has 0 amide bonds. The lowest BCUT2D eigenvalue weighted by molar-refractivity contribution is -0.154. The highest BCUT2D eigenvalue weighted by molar-refractivity contribution is 7.17. The summed E-state index contributed by atoms with van der Waals surface area (Å²) < 4.78 is 5.75. The lowest BCUT2D eigenvalue weighted by Gasteiger charge is -2.28. The van der Waals surface area contributed by atoms with Gasteiger partial charge >= 0.3 is 5.97 Å². The molecule has 0 radical (unpaired) electrons. The van der Waals surface area contributed by atoms with Crippen molar-refractivity contribution in [3.63, 3.8) is 0 Å². The standard InChI is InChI=1S/C32H40N4O2S/c1-20-12-13-21(2)36-30(33-20)26(19-27(37)38-32(5,6)7)34-29(28-22(3)23(4)39-31(28)36)25-16-14-24(15-17-25)11-10-18-35(8)9/h13-17,20,26H,12,18-19H2,1-9H3. The van der Waals surface area contributed by atoms with Crippen molar-refractivity contribution in [3.8, 4) is 11.8 Å². The van der Waals surface area contributed by atoms with Crippen LogP contribution in [0.15, 0.2) is 46.0 Å². The first-order valence-electron chi connectivity index (χ1n) is 13.5. The fraction of sp³-hybridized carbons (Fsp3) is 0.469. The van der Waals surface area contributed by atoms with Crippen molar-refractivity contribution >= 4 is 33.9 Å². The predicted molar refractivity (Wildman–Crippen MR) is 163 cm³/mol. The maximum Gasteiger partial charge on any atom is 0.308 e. The Morgan fingerprint density at radius 3 is 2.49 bits per heavy atom. The quantitative estimate of drug-likeness (QED) is 0.343. The zero-order valence-corrected chi connectivity index (χ0v) is 25.5. The maximum absolute atomic E-state index is 13.1. The van der Waals surface area contributed by atoms with Gasteiger partial charge in [0.25, 0.3) is 0 Å². The summed E-state index contributed by atoms with van der Waals surface area (Å²) in [4.78, 5) is 29.1. The predicted octanol–water partition coefficient (Wildman–Crippen LogP) is 6.13. The molecule has 1 aromatic carbocycles. The number of aryl methyl sites for hydroxylation is 1. The number of carbonyl (C=O) groups excluding carboxylic acids is 1. The molecule has 0 saturated heterocycles. The molecule has 2 aliphatic rings. The van der Waals surface area contributed by atoms with Crippen molar-refractivity contribution in [2.24, 2.45) is 9.98 Å². The third kappa shape index (κ3) is 6.69. The number of esters is 1. The van der Waals surface area contributed by atoms with Gasteiger partial charge in [-0.1, -0.05) is 30.0 Å². The number of nitrogens with zero attached hydrogens (tertiary/aromatic N) is 4. The molecule has 2 aromatic rings. The van der Waals surface area contributed by atoms with Crippen molar-refractivity contribution in [2.45, 2.75) is 79.0 Å². The van der Waals surface area contributed by atoms with E-state index in [1.807, 2.05) is 51.9 Å². The van der Waals surface area contributed by atoms with Gasteiger partial charge in [-0.3, -0.25) is 24.6 Å². The summed E-state index contributed by atoms with van der Waals surface area (Å²) >= 11 is 1.76. The number of thiophene rings is 1. The van der Waals surface area contributed by atoms with Gasteiger partial charge < -0.3 is 4.74 Å². The third-order valence-electron chi connectivity index (χ3n) is 6.64. The molecule has 0 bridgehead atoms. The van der Waals surface area contributed by atoms with Crippen molar-refractivity contribution in [1.82, 2.24) is 4.90 Å². The molecule has 0 saturated carbocycles. The largest absolute Gasteiger partial charge is 0.460 e. The normalized spacial score (nSPS) is 19.0. The van der Waals surface area contributed by atoms with E-state index >= 15 is 0 Å². The van der Waals surface area contributed by atoms with Crippen molar-refractivity contribution in [1.29, 1.82) is 0 Å². The van der Waals surface area contributed by atoms with Gasteiger partial charge in [0.15, 0.2) is 0 Å². The van der Waals surface area contributed by atoms with Gasteiger partial charge in [-0.25, -0.2) is 0 Å². The Labute approximate surface area is 237 Å². The molecule has 2 unspecified atom stereocenters. The first-order chi connectivity index (χ1) is 18.3. The van der Waals surface area contributed by atoms with Gasteiger partial charge in [0.2, 0.25) is 0 Å². The number of hydrogen-bond acceptors (Lipinski definition) is 7. The number of aliphatic imine (C=N–C) groups is 2. The number of carbonyl (C=O) groups is 1. The summed E-state index contributed by atoms with van der Waals surface area (Å²) in [5.41, 5.74) is 5.68. The third-order valence-corrected chi connectivity index (χ3v) is 7.84. The van der Waals surface area contributed by atoms with Gasteiger partial charge in [0.05, 0.1) is 24.7 Å². The molecule has 6 nitrogen and oxygen atoms in total. The second-order valence-corrected chi connectivity index (χ2v) is 12.8. The highest BCUT2D eigenvalue weighted by Crippen LogP contribution is 2.42. The topological polar surface area (TPSA) is 57.5 Å². The molecule has 39 heavy (non-hydrogen) atoms. The smallest absolute Gasteiger partial charge is 0.308 e. The summed E-state index contributed by atoms with van der Waals surface area (Å²) in [6.45, 7) is 14.9. The maximum atomic E-state index is 13.1. The summed E-state index contributed by atoms with van der Waals surface area (Å²) in [6.07, 6.45) is 3.21. The first-order valence-corrected chi connectivity index (χ1v) is 14.3. The minimum absolute atomic E-state index is 0.0865. The number of allylic oxidation sites excluding steroid dienone is 1. The van der Waals surface area contributed by atoms with Gasteiger partial charge in [-0.15, -0.1) is 11.3 Å². The lowest BCUT2D eigenvalue weighted by atomic mass is 9.98. The van der Waals surface area contributed by atoms with Crippen LogP contribution in [-0.2, 0) is 9.53 Å². The highest BCUT2D eigenvalue weighted by Gasteiger charge is 2.37. The molecule has 2 aliphatic heterocycles. The summed E-state index contributed by atoms with van der Waals surface area (Å²) in [7, 11) is 4.02. The number of ether oxygens (including phenoxy) is 1. The summed E-state index contributed by atoms with van der Waals surface area (Å²) in [6, 6.07) is 7.88. The number of amidine groups is 1. The van der Waals surface area contributed by atoms with Crippen molar-refractivity contribution in [3.05, 3.63) is 63.2 Å². The van der Waals surface area contributed by atoms with E-state index in [9.17, 15) is 4.79 Å². The van der Waals surface area contributed by atoms with Crippen molar-refractivity contribution in [2.75, 3.05) is 25.5 Å². The van der Waals surface area contributed by atoms with Gasteiger partial charge in [-0.2, -0.15) is 0 Å². The molecule has 7 heteroatoms. The molecular formula is C32H40N4O2S. The van der Waals surface area contributed by atoms with Gasteiger partial charge in [0, 0.05) is 27.3 Å². The van der Waals surface area contributed by atoms with Crippen LogP contribution in [-0.4, -0.2) is 60.7 Å². The molecule has 0 fully saturated rings. The molecule has 0 N–H and O–H groups in total. The van der Waals surface area contributed by atoms with E-state index in [-0.39, 0.29) is 18.4 Å². The fourth-order valence-corrected chi connectivity index (χ4v) is 5.91. The minimum Gasteiger partial charge on any atom is -0.460 e. The fourth-order valence-electron chi connectivity index (χ4n) is 4.68. The second-order valence-electron chi connectivity index (χ2n) is 11.6. The molecule has 0 spiro atoms. The highest BCUT2D eigenvalue weighted by atomic mass is 32.1. The SMILES string of the molecule is CC1=CCC(C)N=C2C(CC(=O)OC(C)(C)C)N=C(c3ccc(C#CCN(C)C)cc3)c3c(sc(C)c3C)N12. The zero-order valence-electron chi connectivity index (χ0n) is 24.7. The molecule has 206 valence electrons. The minimum atomic E-state index is -0.571. The number of hydrogen-bond donors (Lipinski definition) is 0. The van der Waals surface area contributed by atoms with E-state index in [2.05, 4.69) is 62.6 Å². The van der Waals surface area contributed by atoms with Crippen LogP contribution in [0.25, 0.3) is 0 Å². The van der Waals surface area contributed by atoms with Crippen LogP contribution in [0.4, 0.5) is 5.00 Å². The first kappa shape index (κ1) is 28.8. The van der Waals surface area contributed by atoms with E-state index in [1.54, 1.807) is 11.3 Å². The number of fused-ring (bicyclic) bond motifs is 3. The van der Waals surface area contributed by atoms with Crippen LogP contribution in [0, 0.1) is 25.7 Å². The summed E-state index contributed by atoms with van der Waals surface area (Å²) in [5.74, 6) is 6.98. The van der Waals surface area contributed by atoms with E-state index in [0.29, 0.717) is 6.54 Å². The molecule has 0 aliphatic carbocycles. The molecule has 4 rings (SSSR count). The van der Waals surface area contributed by atoms with E-state index in [4.69, 9.17) is 14.7 Å².